The summed E-state index contributed by atoms with van der Waals surface area (Å²) in [7, 11) is -3.21. The van der Waals surface area contributed by atoms with Crippen molar-refractivity contribution in [2.45, 2.75) is 45.8 Å². The van der Waals surface area contributed by atoms with Crippen molar-refractivity contribution in [1.29, 1.82) is 0 Å². The molecule has 2 heterocycles. The standard InChI is InChI=1S/C19H39N5O3S2.HI/c1-4-20-19(21-7-16-29(25,26)24-11-14-28-15-12-24)22-18-5-8-23(9-6-18)10-13-27-17(2)3;/h17-18H,4-16H2,1-3H3,(H2,20,21,22);1H. The quantitative estimate of drug-likeness (QED) is 0.231. The van der Waals surface area contributed by atoms with E-state index < -0.39 is 10.0 Å². The number of piperidine rings is 1. The molecule has 0 saturated carbocycles. The molecule has 0 aromatic rings. The minimum Gasteiger partial charge on any atom is -0.377 e. The number of guanidine groups is 1. The van der Waals surface area contributed by atoms with E-state index in [1.165, 1.54) is 0 Å². The highest BCUT2D eigenvalue weighted by molar-refractivity contribution is 14.0. The van der Waals surface area contributed by atoms with Gasteiger partial charge >= 0.3 is 0 Å². The van der Waals surface area contributed by atoms with E-state index in [4.69, 9.17) is 4.74 Å². The van der Waals surface area contributed by atoms with Gasteiger partial charge in [0.2, 0.25) is 10.0 Å². The van der Waals surface area contributed by atoms with Gasteiger partial charge in [0.1, 0.15) is 0 Å². The van der Waals surface area contributed by atoms with Crippen LogP contribution in [0.1, 0.15) is 33.6 Å². The van der Waals surface area contributed by atoms with Gasteiger partial charge in [-0.1, -0.05) is 0 Å². The largest absolute Gasteiger partial charge is 0.377 e. The predicted octanol–water partition coefficient (Wildman–Crippen LogP) is 1.43. The topological polar surface area (TPSA) is 86.3 Å². The van der Waals surface area contributed by atoms with Crippen molar-refractivity contribution >= 4 is 51.7 Å². The maximum Gasteiger partial charge on any atom is 0.215 e. The van der Waals surface area contributed by atoms with Gasteiger partial charge in [0, 0.05) is 56.8 Å². The molecule has 0 spiro atoms. The Hall–Kier alpha value is 0.180. The van der Waals surface area contributed by atoms with Crippen LogP contribution in [0, 0.1) is 0 Å². The van der Waals surface area contributed by atoms with E-state index in [-0.39, 0.29) is 42.4 Å². The molecule has 0 amide bonds. The van der Waals surface area contributed by atoms with Gasteiger partial charge in [-0.25, -0.2) is 12.7 Å². The Balaban J connectivity index is 0.00000450. The van der Waals surface area contributed by atoms with Gasteiger partial charge < -0.3 is 20.3 Å². The summed E-state index contributed by atoms with van der Waals surface area (Å²) in [6.07, 6.45) is 2.39. The number of ether oxygens (including phenoxy) is 1. The fourth-order valence-corrected chi connectivity index (χ4v) is 5.91. The molecule has 2 fully saturated rings. The molecule has 11 heteroatoms. The van der Waals surface area contributed by atoms with Crippen molar-refractivity contribution in [3.05, 3.63) is 0 Å². The second-order valence-electron chi connectivity index (χ2n) is 7.77. The van der Waals surface area contributed by atoms with Gasteiger partial charge in [-0.15, -0.1) is 24.0 Å². The predicted molar refractivity (Wildman–Crippen MR) is 138 cm³/mol. The van der Waals surface area contributed by atoms with Crippen molar-refractivity contribution in [1.82, 2.24) is 19.8 Å². The number of thioether (sulfide) groups is 1. The lowest BCUT2D eigenvalue weighted by atomic mass is 10.1. The Kier molecular flexibility index (Phi) is 14.2. The average Bonchev–Trinajstić information content (AvgIpc) is 2.70. The van der Waals surface area contributed by atoms with E-state index in [1.54, 1.807) is 4.31 Å². The monoisotopic (exact) mass is 577 g/mol. The van der Waals surface area contributed by atoms with Crippen LogP contribution in [0.3, 0.4) is 0 Å². The van der Waals surface area contributed by atoms with E-state index in [0.29, 0.717) is 19.1 Å². The van der Waals surface area contributed by atoms with Crippen LogP contribution in [0.4, 0.5) is 0 Å². The van der Waals surface area contributed by atoms with E-state index in [0.717, 1.165) is 63.1 Å². The molecular formula is C19H40IN5O3S2. The molecule has 0 aromatic carbocycles. The zero-order valence-corrected chi connectivity index (χ0v) is 22.6. The van der Waals surface area contributed by atoms with Gasteiger partial charge in [0.25, 0.3) is 0 Å². The smallest absolute Gasteiger partial charge is 0.215 e. The highest BCUT2D eigenvalue weighted by atomic mass is 127. The van der Waals surface area contributed by atoms with Crippen LogP contribution in [0.15, 0.2) is 4.99 Å². The summed E-state index contributed by atoms with van der Waals surface area (Å²) in [6.45, 7) is 12.3. The lowest BCUT2D eigenvalue weighted by molar-refractivity contribution is 0.0532. The molecule has 2 rings (SSSR count). The van der Waals surface area contributed by atoms with Gasteiger partial charge in [-0.2, -0.15) is 11.8 Å². The zero-order valence-electron chi connectivity index (χ0n) is 18.6. The number of hydrogen-bond acceptors (Lipinski definition) is 6. The Morgan fingerprint density at radius 1 is 1.20 bits per heavy atom. The fourth-order valence-electron chi connectivity index (χ4n) is 3.46. The minimum absolute atomic E-state index is 0. The molecule has 8 nitrogen and oxygen atoms in total. The van der Waals surface area contributed by atoms with E-state index in [9.17, 15) is 8.42 Å². The number of aliphatic imine (C=N–C) groups is 1. The summed E-state index contributed by atoms with van der Waals surface area (Å²) in [6, 6.07) is 0.366. The van der Waals surface area contributed by atoms with Crippen LogP contribution in [0.5, 0.6) is 0 Å². The number of sulfonamides is 1. The van der Waals surface area contributed by atoms with Crippen LogP contribution < -0.4 is 10.6 Å². The first kappa shape index (κ1) is 28.2. The van der Waals surface area contributed by atoms with E-state index in [1.807, 2.05) is 18.7 Å². The maximum atomic E-state index is 12.5. The van der Waals surface area contributed by atoms with Crippen LogP contribution >= 0.6 is 35.7 Å². The summed E-state index contributed by atoms with van der Waals surface area (Å²) in [4.78, 5) is 6.96. The molecule has 0 unspecified atom stereocenters. The lowest BCUT2D eigenvalue weighted by Crippen LogP contribution is -2.49. The Labute approximate surface area is 204 Å². The molecule has 0 bridgehead atoms. The van der Waals surface area contributed by atoms with Crippen LogP contribution in [0.2, 0.25) is 0 Å². The summed E-state index contributed by atoms with van der Waals surface area (Å²) in [5.74, 6) is 2.56. The molecule has 0 atom stereocenters. The third-order valence-electron chi connectivity index (χ3n) is 5.11. The summed E-state index contributed by atoms with van der Waals surface area (Å²) in [5, 5.41) is 6.73. The van der Waals surface area contributed by atoms with Crippen LogP contribution in [0.25, 0.3) is 0 Å². The maximum absolute atomic E-state index is 12.5. The number of rotatable bonds is 10. The summed E-state index contributed by atoms with van der Waals surface area (Å²) < 4.78 is 32.2. The van der Waals surface area contributed by atoms with Crippen molar-refractivity contribution in [3.8, 4) is 0 Å². The van der Waals surface area contributed by atoms with Crippen molar-refractivity contribution < 1.29 is 13.2 Å². The normalized spacial score (nSPS) is 20.2. The Morgan fingerprint density at radius 2 is 1.87 bits per heavy atom. The molecule has 0 aliphatic carbocycles. The second kappa shape index (κ2) is 15.1. The first-order valence-corrected chi connectivity index (χ1v) is 13.6. The zero-order chi connectivity index (χ0) is 21.1. The molecular weight excluding hydrogens is 537 g/mol. The SMILES string of the molecule is CCNC(=NCCS(=O)(=O)N1CCSCC1)NC1CCN(CCOC(C)C)CC1.I. The van der Waals surface area contributed by atoms with Gasteiger partial charge in [-0.05, 0) is 33.6 Å². The molecule has 2 aliphatic rings. The number of nitrogens with zero attached hydrogens (tertiary/aromatic N) is 3. The molecule has 2 aliphatic heterocycles. The van der Waals surface area contributed by atoms with E-state index >= 15 is 0 Å². The highest BCUT2D eigenvalue weighted by Gasteiger charge is 2.24. The van der Waals surface area contributed by atoms with Crippen molar-refractivity contribution in [2.24, 2.45) is 4.99 Å². The molecule has 0 radical (unpaired) electrons. The van der Waals surface area contributed by atoms with Crippen molar-refractivity contribution in [2.75, 3.05) is 69.7 Å². The van der Waals surface area contributed by atoms with Crippen LogP contribution in [-0.2, 0) is 14.8 Å². The number of hydrogen-bond donors (Lipinski definition) is 2. The highest BCUT2D eigenvalue weighted by Crippen LogP contribution is 2.13. The number of halogens is 1. The molecule has 0 aromatic heterocycles. The Morgan fingerprint density at radius 3 is 2.47 bits per heavy atom. The minimum atomic E-state index is -3.21. The summed E-state index contributed by atoms with van der Waals surface area (Å²) in [5.41, 5.74) is 0. The summed E-state index contributed by atoms with van der Waals surface area (Å²) >= 11 is 1.81. The first-order valence-electron chi connectivity index (χ1n) is 10.8. The van der Waals surface area contributed by atoms with Crippen LogP contribution in [-0.4, -0.2) is 105 Å². The molecule has 30 heavy (non-hydrogen) atoms. The fraction of sp³-hybridized carbons (Fsp3) is 0.947. The van der Waals surface area contributed by atoms with Crippen molar-refractivity contribution in [3.63, 3.8) is 0 Å². The van der Waals surface area contributed by atoms with Gasteiger partial charge in [0.15, 0.2) is 5.96 Å². The Bertz CT molecular complexity index is 593. The third kappa shape index (κ3) is 10.7. The van der Waals surface area contributed by atoms with E-state index in [2.05, 4.69) is 34.4 Å². The molecule has 2 N–H and O–H groups in total. The third-order valence-corrected chi connectivity index (χ3v) is 7.91. The number of nitrogens with one attached hydrogen (secondary N) is 2. The number of likely N-dealkylation sites (tertiary alicyclic amines) is 1. The van der Waals surface area contributed by atoms with Gasteiger partial charge in [0.05, 0.1) is 25.0 Å². The lowest BCUT2D eigenvalue weighted by Gasteiger charge is -2.33. The molecule has 2 saturated heterocycles. The molecule has 178 valence electrons. The van der Waals surface area contributed by atoms with Gasteiger partial charge in [-0.3, -0.25) is 4.99 Å². The second-order valence-corrected chi connectivity index (χ2v) is 11.1. The average molecular weight is 578 g/mol. The first-order chi connectivity index (χ1) is 13.9.